The smallest absolute Gasteiger partial charge is 0.265 e. The van der Waals surface area contributed by atoms with Crippen molar-refractivity contribution in [2.24, 2.45) is 0 Å². The molecule has 0 spiro atoms. The van der Waals surface area contributed by atoms with Gasteiger partial charge in [-0.15, -0.1) is 0 Å². The molecule has 0 aliphatic carbocycles. The second-order valence-corrected chi connectivity index (χ2v) is 7.51. The van der Waals surface area contributed by atoms with Crippen LogP contribution in [0.25, 0.3) is 0 Å². The molecule has 6 heteroatoms. The molecule has 2 unspecified atom stereocenters. The number of pyridine rings is 1. The van der Waals surface area contributed by atoms with Crippen LogP contribution in [0.5, 0.6) is 0 Å². The molecular formula is C16H21N2O3P. The largest absolute Gasteiger partial charge is 0.378 e. The summed E-state index contributed by atoms with van der Waals surface area (Å²) in [4.78, 5) is 6.04. The van der Waals surface area contributed by atoms with Crippen molar-refractivity contribution < 1.29 is 14.2 Å². The Labute approximate surface area is 131 Å². The minimum absolute atomic E-state index is 0.247. The lowest BCUT2D eigenvalue weighted by Crippen LogP contribution is -2.16. The van der Waals surface area contributed by atoms with Gasteiger partial charge in [-0.25, -0.2) is 0 Å². The molecule has 1 heterocycles. The van der Waals surface area contributed by atoms with Crippen molar-refractivity contribution in [2.75, 3.05) is 25.6 Å². The average Bonchev–Trinajstić information content (AvgIpc) is 2.55. The maximum Gasteiger partial charge on any atom is 0.265 e. The Morgan fingerprint density at radius 3 is 2.41 bits per heavy atom. The summed E-state index contributed by atoms with van der Waals surface area (Å²) in [6, 6.07) is 12.3. The van der Waals surface area contributed by atoms with Crippen molar-refractivity contribution in [3.63, 3.8) is 0 Å². The molecule has 0 aliphatic rings. The number of aliphatic hydroxyl groups is 1. The van der Waals surface area contributed by atoms with E-state index in [1.54, 1.807) is 43.5 Å². The number of aliphatic hydroxyl groups excluding tert-OH is 1. The van der Waals surface area contributed by atoms with E-state index in [2.05, 4.69) is 4.98 Å². The summed E-state index contributed by atoms with van der Waals surface area (Å²) in [5.74, 6) is -1.28. The molecule has 1 aromatic heterocycles. The van der Waals surface area contributed by atoms with Crippen LogP contribution in [-0.4, -0.2) is 30.8 Å². The third-order valence-corrected chi connectivity index (χ3v) is 5.89. The van der Waals surface area contributed by atoms with E-state index < -0.39 is 13.2 Å². The molecule has 118 valence electrons. The summed E-state index contributed by atoms with van der Waals surface area (Å²) >= 11 is 0. The second-order valence-electron chi connectivity index (χ2n) is 5.05. The summed E-state index contributed by atoms with van der Waals surface area (Å²) in [6.45, 7) is 2.00. The van der Waals surface area contributed by atoms with Gasteiger partial charge in [-0.3, -0.25) is 9.55 Å². The van der Waals surface area contributed by atoms with Gasteiger partial charge in [0.1, 0.15) is 0 Å². The predicted molar refractivity (Wildman–Crippen MR) is 88.8 cm³/mol. The van der Waals surface area contributed by atoms with Gasteiger partial charge in [-0.05, 0) is 43.3 Å². The minimum Gasteiger partial charge on any atom is -0.378 e. The monoisotopic (exact) mass is 320 g/mol. The normalized spacial score (nSPS) is 15.1. The first-order valence-electron chi connectivity index (χ1n) is 7.10. The van der Waals surface area contributed by atoms with Crippen LogP contribution < -0.4 is 10.2 Å². The Bertz CT molecular complexity index is 644. The van der Waals surface area contributed by atoms with Gasteiger partial charge in [-0.1, -0.05) is 6.07 Å². The predicted octanol–water partition coefficient (Wildman–Crippen LogP) is 2.78. The molecule has 0 bridgehead atoms. The molecule has 2 rings (SSSR count). The van der Waals surface area contributed by atoms with E-state index in [0.717, 1.165) is 5.69 Å². The fourth-order valence-electron chi connectivity index (χ4n) is 2.14. The lowest BCUT2D eigenvalue weighted by atomic mass is 10.3. The standard InChI is InChI=1S/C16H21N2O3P/c1-4-21-22(20,16(19)15-7-5-6-12-17-15)14-10-8-13(9-11-14)18(2)3/h5-12,16,19H,4H2,1-3H3. The summed E-state index contributed by atoms with van der Waals surface area (Å²) in [5, 5.41) is 11.0. The van der Waals surface area contributed by atoms with Gasteiger partial charge in [0, 0.05) is 31.3 Å². The van der Waals surface area contributed by atoms with Crippen LogP contribution in [0.2, 0.25) is 0 Å². The third-order valence-electron chi connectivity index (χ3n) is 3.32. The zero-order valence-corrected chi connectivity index (χ0v) is 13.9. The number of anilines is 1. The van der Waals surface area contributed by atoms with Gasteiger partial charge in [0.05, 0.1) is 12.3 Å². The highest BCUT2D eigenvalue weighted by atomic mass is 31.2. The zero-order chi connectivity index (χ0) is 16.2. The minimum atomic E-state index is -3.46. The fourth-order valence-corrected chi connectivity index (χ4v) is 4.16. The van der Waals surface area contributed by atoms with Gasteiger partial charge in [-0.2, -0.15) is 0 Å². The van der Waals surface area contributed by atoms with E-state index in [0.29, 0.717) is 11.0 Å². The molecule has 0 radical (unpaired) electrons. The topological polar surface area (TPSA) is 62.7 Å². The van der Waals surface area contributed by atoms with Crippen molar-refractivity contribution in [3.05, 3.63) is 54.4 Å². The Morgan fingerprint density at radius 2 is 1.91 bits per heavy atom. The maximum atomic E-state index is 13.3. The maximum absolute atomic E-state index is 13.3. The number of hydrogen-bond acceptors (Lipinski definition) is 5. The highest BCUT2D eigenvalue weighted by molar-refractivity contribution is 7.67. The van der Waals surface area contributed by atoms with Crippen LogP contribution in [0, 0.1) is 0 Å². The first-order valence-corrected chi connectivity index (χ1v) is 8.79. The fraction of sp³-hybridized carbons (Fsp3) is 0.312. The number of rotatable bonds is 6. The number of hydrogen-bond donors (Lipinski definition) is 1. The van der Waals surface area contributed by atoms with Crippen molar-refractivity contribution in [1.29, 1.82) is 0 Å². The van der Waals surface area contributed by atoms with Gasteiger partial charge in [0.2, 0.25) is 0 Å². The Morgan fingerprint density at radius 1 is 1.23 bits per heavy atom. The number of aromatic nitrogens is 1. The molecular weight excluding hydrogens is 299 g/mol. The quantitative estimate of drug-likeness (QED) is 0.829. The molecule has 0 saturated heterocycles. The molecule has 0 saturated carbocycles. The molecule has 22 heavy (non-hydrogen) atoms. The van der Waals surface area contributed by atoms with Crippen molar-refractivity contribution in [3.8, 4) is 0 Å². The van der Waals surface area contributed by atoms with Gasteiger partial charge >= 0.3 is 0 Å². The summed E-state index contributed by atoms with van der Waals surface area (Å²) in [7, 11) is 0.401. The van der Waals surface area contributed by atoms with Crippen molar-refractivity contribution in [2.45, 2.75) is 12.8 Å². The first kappa shape index (κ1) is 16.7. The highest BCUT2D eigenvalue weighted by Gasteiger charge is 2.36. The lowest BCUT2D eigenvalue weighted by molar-refractivity contribution is 0.214. The molecule has 5 nitrogen and oxygen atoms in total. The Hall–Kier alpha value is -1.68. The average molecular weight is 320 g/mol. The van der Waals surface area contributed by atoms with Crippen LogP contribution in [0.15, 0.2) is 48.7 Å². The lowest BCUT2D eigenvalue weighted by Gasteiger charge is -2.24. The molecule has 1 aromatic carbocycles. The summed E-state index contributed by atoms with van der Waals surface area (Å²) in [6.07, 6.45) is 1.56. The van der Waals surface area contributed by atoms with E-state index in [4.69, 9.17) is 4.52 Å². The van der Waals surface area contributed by atoms with Crippen LogP contribution in [0.4, 0.5) is 5.69 Å². The molecule has 0 amide bonds. The third kappa shape index (κ3) is 3.38. The highest BCUT2D eigenvalue weighted by Crippen LogP contribution is 2.57. The molecule has 1 N–H and O–H groups in total. The van der Waals surface area contributed by atoms with E-state index in [1.807, 2.05) is 31.1 Å². The van der Waals surface area contributed by atoms with Gasteiger partial charge in [0.15, 0.2) is 5.85 Å². The van der Waals surface area contributed by atoms with Gasteiger partial charge < -0.3 is 14.5 Å². The van der Waals surface area contributed by atoms with E-state index in [9.17, 15) is 9.67 Å². The molecule has 2 aromatic rings. The Kier molecular flexibility index (Phi) is 5.35. The Balaban J connectivity index is 2.41. The van der Waals surface area contributed by atoms with E-state index in [-0.39, 0.29) is 6.61 Å². The van der Waals surface area contributed by atoms with Crippen LogP contribution in [0.1, 0.15) is 18.5 Å². The summed E-state index contributed by atoms with van der Waals surface area (Å²) in [5.41, 5.74) is 1.33. The molecule has 2 atom stereocenters. The van der Waals surface area contributed by atoms with Crippen LogP contribution >= 0.6 is 7.37 Å². The van der Waals surface area contributed by atoms with Crippen molar-refractivity contribution >= 4 is 18.4 Å². The molecule has 0 fully saturated rings. The summed E-state index contributed by atoms with van der Waals surface area (Å²) < 4.78 is 18.8. The SMILES string of the molecule is CCOP(=O)(c1ccc(N(C)C)cc1)C(O)c1ccccn1. The number of nitrogens with zero attached hydrogens (tertiary/aromatic N) is 2. The molecule has 0 aliphatic heterocycles. The van der Waals surface area contributed by atoms with Crippen LogP contribution in [0.3, 0.4) is 0 Å². The first-order chi connectivity index (χ1) is 10.5. The number of benzene rings is 1. The zero-order valence-electron chi connectivity index (χ0n) is 13.0. The van der Waals surface area contributed by atoms with Crippen molar-refractivity contribution in [1.82, 2.24) is 4.98 Å². The van der Waals surface area contributed by atoms with E-state index in [1.165, 1.54) is 0 Å². The van der Waals surface area contributed by atoms with E-state index >= 15 is 0 Å². The second kappa shape index (κ2) is 7.05. The van der Waals surface area contributed by atoms with Gasteiger partial charge in [0.25, 0.3) is 7.37 Å². The van der Waals surface area contributed by atoms with Crippen LogP contribution in [-0.2, 0) is 9.09 Å².